The number of unbranched alkanes of at least 4 members (excludes halogenated alkanes) is 13. The number of carboxylic acid groups (broad SMARTS) is 2. The summed E-state index contributed by atoms with van der Waals surface area (Å²) in [6, 6.07) is 0. The van der Waals surface area contributed by atoms with E-state index in [0.717, 1.165) is 38.5 Å². The van der Waals surface area contributed by atoms with Crippen molar-refractivity contribution in [3.05, 3.63) is 0 Å². The van der Waals surface area contributed by atoms with Gasteiger partial charge in [0, 0.05) is 0 Å². The van der Waals surface area contributed by atoms with Gasteiger partial charge in [-0.1, -0.05) is 110 Å². The van der Waals surface area contributed by atoms with E-state index in [1.807, 2.05) is 0 Å². The number of aliphatic carboxylic acids is 2. The summed E-state index contributed by atoms with van der Waals surface area (Å²) in [7, 11) is 0. The number of hydrogen-bond acceptors (Lipinski definition) is 2. The Bertz CT molecular complexity index is 364. The molecule has 0 fully saturated rings. The van der Waals surface area contributed by atoms with Crippen LogP contribution in [0.1, 0.15) is 124 Å². The van der Waals surface area contributed by atoms with Crippen LogP contribution in [0.3, 0.4) is 0 Å². The first kappa shape index (κ1) is 29.1. The smallest absolute Gasteiger partial charge is 1.00 e. The molecule has 0 heterocycles. The Morgan fingerprint density at radius 3 is 1.11 bits per heavy atom. The summed E-state index contributed by atoms with van der Waals surface area (Å²) in [4.78, 5) is 23.4. The Morgan fingerprint density at radius 2 is 0.852 bits per heavy atom. The van der Waals surface area contributed by atoms with E-state index in [9.17, 15) is 19.8 Å². The predicted molar refractivity (Wildman–Crippen MR) is 109 cm³/mol. The molecule has 0 aromatic heterocycles. The Balaban J connectivity index is -0.00000312. The van der Waals surface area contributed by atoms with Gasteiger partial charge in [-0.2, -0.15) is 0 Å². The molecular weight excluding hydrogens is 351 g/mol. The maximum absolute atomic E-state index is 11.7. The molecule has 0 aliphatic heterocycles. The third-order valence-corrected chi connectivity index (χ3v) is 5.48. The van der Waals surface area contributed by atoms with Gasteiger partial charge >= 0.3 is 41.5 Å². The molecule has 0 amide bonds. The van der Waals surface area contributed by atoms with E-state index in [0.29, 0.717) is 12.8 Å². The molecule has 0 atom stereocenters. The van der Waals surface area contributed by atoms with Gasteiger partial charge in [-0.3, -0.25) is 9.59 Å². The van der Waals surface area contributed by atoms with Gasteiger partial charge in [0.25, 0.3) is 0 Å². The second-order valence-corrected chi connectivity index (χ2v) is 7.79. The zero-order chi connectivity index (χ0) is 19.7. The van der Waals surface area contributed by atoms with Gasteiger partial charge in [-0.05, 0) is 12.8 Å². The molecule has 0 aromatic rings. The van der Waals surface area contributed by atoms with Crippen LogP contribution in [-0.4, -0.2) is 22.2 Å². The SMILES string of the molecule is CCCCCCCCCCCCC(CCCCCCC)(C(=O)O)C(=O)O.[H-].[Na+]. The normalized spacial score (nSPS) is 11.2. The van der Waals surface area contributed by atoms with E-state index in [4.69, 9.17) is 0 Å². The Morgan fingerprint density at radius 1 is 0.593 bits per heavy atom. The van der Waals surface area contributed by atoms with Crippen LogP contribution in [0, 0.1) is 5.41 Å². The van der Waals surface area contributed by atoms with Gasteiger partial charge in [-0.25, -0.2) is 0 Å². The molecule has 0 unspecified atom stereocenters. The zero-order valence-corrected chi connectivity index (χ0v) is 20.2. The molecule has 2 N–H and O–H groups in total. The Kier molecular flexibility index (Phi) is 20.8. The topological polar surface area (TPSA) is 74.6 Å². The van der Waals surface area contributed by atoms with Crippen LogP contribution in [0.4, 0.5) is 0 Å². The van der Waals surface area contributed by atoms with Crippen molar-refractivity contribution in [2.75, 3.05) is 0 Å². The summed E-state index contributed by atoms with van der Waals surface area (Å²) < 4.78 is 0. The molecule has 0 aliphatic carbocycles. The van der Waals surface area contributed by atoms with E-state index >= 15 is 0 Å². The molecule has 4 nitrogen and oxygen atoms in total. The Hall–Kier alpha value is -0.0600. The average molecular weight is 395 g/mol. The molecule has 156 valence electrons. The average Bonchev–Trinajstić information content (AvgIpc) is 2.60. The molecular formula is C22H43NaO4. The number of carbonyl (C=O) groups is 2. The fourth-order valence-corrected chi connectivity index (χ4v) is 3.59. The number of rotatable bonds is 19. The van der Waals surface area contributed by atoms with E-state index in [2.05, 4.69) is 13.8 Å². The summed E-state index contributed by atoms with van der Waals surface area (Å²) in [5, 5.41) is 19.1. The van der Waals surface area contributed by atoms with Gasteiger partial charge < -0.3 is 11.6 Å². The molecule has 0 spiro atoms. The maximum Gasteiger partial charge on any atom is 1.00 e. The minimum absolute atomic E-state index is 0. The van der Waals surface area contributed by atoms with Crippen LogP contribution in [0.25, 0.3) is 0 Å². The van der Waals surface area contributed by atoms with Crippen LogP contribution >= 0.6 is 0 Å². The van der Waals surface area contributed by atoms with Crippen molar-refractivity contribution in [1.29, 1.82) is 0 Å². The van der Waals surface area contributed by atoms with Gasteiger partial charge in [0.15, 0.2) is 5.41 Å². The van der Waals surface area contributed by atoms with Crippen molar-refractivity contribution in [2.24, 2.45) is 5.41 Å². The van der Waals surface area contributed by atoms with Crippen LogP contribution in [0.15, 0.2) is 0 Å². The fraction of sp³-hybridized carbons (Fsp3) is 0.909. The molecule has 0 radical (unpaired) electrons. The third kappa shape index (κ3) is 13.7. The zero-order valence-electron chi connectivity index (χ0n) is 19.2. The third-order valence-electron chi connectivity index (χ3n) is 5.48. The molecule has 5 heteroatoms. The molecule has 0 aliphatic rings. The van der Waals surface area contributed by atoms with Crippen molar-refractivity contribution < 1.29 is 50.8 Å². The molecule has 0 saturated carbocycles. The summed E-state index contributed by atoms with van der Waals surface area (Å²) in [6.07, 6.45) is 17.1. The van der Waals surface area contributed by atoms with E-state index in [-0.39, 0.29) is 43.8 Å². The Labute approximate surface area is 190 Å². The van der Waals surface area contributed by atoms with Crippen molar-refractivity contribution in [1.82, 2.24) is 0 Å². The van der Waals surface area contributed by atoms with E-state index < -0.39 is 17.4 Å². The second kappa shape index (κ2) is 19.3. The van der Waals surface area contributed by atoms with E-state index in [1.165, 1.54) is 44.9 Å². The second-order valence-electron chi connectivity index (χ2n) is 7.79. The largest absolute Gasteiger partial charge is 1.00 e. The number of carboxylic acids is 2. The van der Waals surface area contributed by atoms with Crippen LogP contribution in [0.2, 0.25) is 0 Å². The quantitative estimate of drug-likeness (QED) is 0.198. The summed E-state index contributed by atoms with van der Waals surface area (Å²) in [5.74, 6) is -2.31. The minimum atomic E-state index is -1.58. The first-order valence-corrected chi connectivity index (χ1v) is 11.0. The van der Waals surface area contributed by atoms with Crippen molar-refractivity contribution in [2.45, 2.75) is 123 Å². The predicted octanol–water partition coefficient (Wildman–Crippen LogP) is 3.93. The van der Waals surface area contributed by atoms with Crippen LogP contribution < -0.4 is 29.6 Å². The van der Waals surface area contributed by atoms with Gasteiger partial charge in [0.1, 0.15) is 0 Å². The standard InChI is InChI=1S/C22H42O4.Na.H/c1-3-5-7-9-10-11-12-13-15-17-19-22(20(23)24,21(25)26)18-16-14-8-6-4-2;;/h3-19H2,1-2H3,(H,23,24)(H,25,26);;/q;+1;-1. The first-order chi connectivity index (χ1) is 12.5. The summed E-state index contributed by atoms with van der Waals surface area (Å²) >= 11 is 0. The molecule has 0 rings (SSSR count). The maximum atomic E-state index is 11.7. The first-order valence-electron chi connectivity index (χ1n) is 11.0. The van der Waals surface area contributed by atoms with Gasteiger partial charge in [0.2, 0.25) is 0 Å². The van der Waals surface area contributed by atoms with Crippen LogP contribution in [0.5, 0.6) is 0 Å². The molecule has 27 heavy (non-hydrogen) atoms. The summed E-state index contributed by atoms with van der Waals surface area (Å²) in [5.41, 5.74) is -1.58. The van der Waals surface area contributed by atoms with Crippen molar-refractivity contribution in [3.63, 3.8) is 0 Å². The molecule has 0 aromatic carbocycles. The van der Waals surface area contributed by atoms with E-state index in [1.54, 1.807) is 0 Å². The van der Waals surface area contributed by atoms with Crippen molar-refractivity contribution >= 4 is 11.9 Å². The molecule has 0 saturated heterocycles. The minimum Gasteiger partial charge on any atom is -1.00 e. The monoisotopic (exact) mass is 394 g/mol. The molecule has 0 bridgehead atoms. The van der Waals surface area contributed by atoms with Gasteiger partial charge in [-0.15, -0.1) is 0 Å². The van der Waals surface area contributed by atoms with Gasteiger partial charge in [0.05, 0.1) is 0 Å². The number of hydrogen-bond donors (Lipinski definition) is 2. The summed E-state index contributed by atoms with van der Waals surface area (Å²) in [6.45, 7) is 4.35. The fourth-order valence-electron chi connectivity index (χ4n) is 3.59. The van der Waals surface area contributed by atoms with Crippen molar-refractivity contribution in [3.8, 4) is 0 Å². The van der Waals surface area contributed by atoms with Crippen LogP contribution in [-0.2, 0) is 9.59 Å².